The van der Waals surface area contributed by atoms with E-state index < -0.39 is 11.7 Å². The Morgan fingerprint density at radius 2 is 1.93 bits per heavy atom. The fourth-order valence-corrected chi connectivity index (χ4v) is 4.05. The fraction of sp³-hybridized carbons (Fsp3) is 0.0952. The molecule has 2 aromatic carbocycles. The maximum Gasteiger partial charge on any atom is 0.263 e. The van der Waals surface area contributed by atoms with Crippen LogP contribution in [0.1, 0.15) is 26.6 Å². The lowest BCUT2D eigenvalue weighted by Crippen LogP contribution is -2.13. The first-order valence-corrected chi connectivity index (χ1v) is 10.0. The highest BCUT2D eigenvalue weighted by Gasteiger charge is 2.26. The summed E-state index contributed by atoms with van der Waals surface area (Å²) in [5.74, 6) is -1.27. The molecule has 0 radical (unpaired) electrons. The van der Waals surface area contributed by atoms with E-state index in [9.17, 15) is 13.6 Å². The SMILES string of the molecule is Cc1onc(-c2c(F)cccc2Cl)c1C(=O)Nc1ncc(Cc2ccccc2F)s1. The summed E-state index contributed by atoms with van der Waals surface area (Å²) in [6, 6.07) is 10.6. The van der Waals surface area contributed by atoms with Gasteiger partial charge >= 0.3 is 0 Å². The van der Waals surface area contributed by atoms with Crippen LogP contribution >= 0.6 is 22.9 Å². The number of amides is 1. The number of aromatic nitrogens is 2. The van der Waals surface area contributed by atoms with Crippen LogP contribution in [0.25, 0.3) is 11.3 Å². The van der Waals surface area contributed by atoms with Crippen LogP contribution in [0.3, 0.4) is 0 Å². The van der Waals surface area contributed by atoms with E-state index in [0.29, 0.717) is 17.1 Å². The summed E-state index contributed by atoms with van der Waals surface area (Å²) in [6.07, 6.45) is 1.92. The Morgan fingerprint density at radius 3 is 2.70 bits per heavy atom. The first kappa shape index (κ1) is 20.2. The molecule has 152 valence electrons. The van der Waals surface area contributed by atoms with Gasteiger partial charge in [0.15, 0.2) is 5.13 Å². The number of hydrogen-bond donors (Lipinski definition) is 1. The van der Waals surface area contributed by atoms with Gasteiger partial charge < -0.3 is 4.52 Å². The predicted octanol–water partition coefficient (Wildman–Crippen LogP) is 5.88. The highest BCUT2D eigenvalue weighted by Crippen LogP contribution is 2.34. The normalized spacial score (nSPS) is 10.9. The Kier molecular flexibility index (Phi) is 5.61. The number of carbonyl (C=O) groups excluding carboxylic acids is 1. The van der Waals surface area contributed by atoms with E-state index in [1.807, 2.05) is 0 Å². The molecule has 0 aliphatic carbocycles. The molecule has 0 aliphatic rings. The van der Waals surface area contributed by atoms with Gasteiger partial charge in [-0.2, -0.15) is 0 Å². The third-order valence-electron chi connectivity index (χ3n) is 4.39. The Labute approximate surface area is 179 Å². The van der Waals surface area contributed by atoms with Crippen molar-refractivity contribution < 1.29 is 18.1 Å². The zero-order valence-electron chi connectivity index (χ0n) is 15.6. The van der Waals surface area contributed by atoms with Crippen molar-refractivity contribution in [2.45, 2.75) is 13.3 Å². The van der Waals surface area contributed by atoms with Crippen molar-refractivity contribution >= 4 is 34.0 Å². The summed E-state index contributed by atoms with van der Waals surface area (Å²) >= 11 is 7.32. The minimum absolute atomic E-state index is 0.0104. The van der Waals surface area contributed by atoms with Gasteiger partial charge in [-0.05, 0) is 30.7 Å². The first-order chi connectivity index (χ1) is 14.4. The largest absolute Gasteiger partial charge is 0.360 e. The van der Waals surface area contributed by atoms with Crippen LogP contribution in [0.15, 0.2) is 53.2 Å². The fourth-order valence-electron chi connectivity index (χ4n) is 2.97. The molecule has 4 rings (SSSR count). The van der Waals surface area contributed by atoms with Crippen LogP contribution in [0.2, 0.25) is 5.02 Å². The van der Waals surface area contributed by atoms with Gasteiger partial charge in [0.1, 0.15) is 28.7 Å². The van der Waals surface area contributed by atoms with E-state index in [1.165, 1.54) is 35.6 Å². The maximum absolute atomic E-state index is 14.3. The molecule has 30 heavy (non-hydrogen) atoms. The Morgan fingerprint density at radius 1 is 1.17 bits per heavy atom. The van der Waals surface area contributed by atoms with Gasteiger partial charge in [-0.3, -0.25) is 10.1 Å². The quantitative estimate of drug-likeness (QED) is 0.416. The van der Waals surface area contributed by atoms with Gasteiger partial charge in [0, 0.05) is 17.5 Å². The lowest BCUT2D eigenvalue weighted by molar-refractivity contribution is 0.102. The zero-order chi connectivity index (χ0) is 21.3. The summed E-state index contributed by atoms with van der Waals surface area (Å²) in [5.41, 5.74) is 0.593. The number of anilines is 1. The lowest BCUT2D eigenvalue weighted by atomic mass is 10.1. The van der Waals surface area contributed by atoms with Crippen molar-refractivity contribution in [3.05, 3.63) is 87.1 Å². The molecular formula is C21H14ClF2N3O2S. The molecule has 0 saturated heterocycles. The van der Waals surface area contributed by atoms with E-state index in [0.717, 1.165) is 4.88 Å². The van der Waals surface area contributed by atoms with Crippen molar-refractivity contribution in [1.29, 1.82) is 0 Å². The van der Waals surface area contributed by atoms with Crippen LogP contribution in [-0.2, 0) is 6.42 Å². The number of carbonyl (C=O) groups is 1. The van der Waals surface area contributed by atoms with Crippen LogP contribution in [0, 0.1) is 18.6 Å². The number of benzene rings is 2. The smallest absolute Gasteiger partial charge is 0.263 e. The number of aryl methyl sites for hydroxylation is 1. The molecule has 0 unspecified atom stereocenters. The molecule has 2 aromatic heterocycles. The van der Waals surface area contributed by atoms with E-state index in [-0.39, 0.29) is 33.4 Å². The molecule has 0 bridgehead atoms. The van der Waals surface area contributed by atoms with E-state index in [1.54, 1.807) is 31.3 Å². The van der Waals surface area contributed by atoms with Crippen molar-refractivity contribution in [1.82, 2.24) is 10.1 Å². The average molecular weight is 446 g/mol. The van der Waals surface area contributed by atoms with Crippen LogP contribution in [0.4, 0.5) is 13.9 Å². The van der Waals surface area contributed by atoms with Crippen molar-refractivity contribution in [2.75, 3.05) is 5.32 Å². The van der Waals surface area contributed by atoms with Crippen molar-refractivity contribution in [3.8, 4) is 11.3 Å². The minimum Gasteiger partial charge on any atom is -0.360 e. The molecule has 5 nitrogen and oxygen atoms in total. The summed E-state index contributed by atoms with van der Waals surface area (Å²) < 4.78 is 33.3. The standard InChI is InChI=1S/C21H14ClF2N3O2S/c1-11-17(19(27-29-11)18-14(22)6-4-8-16(18)24)20(28)26-21-25-10-13(30-21)9-12-5-2-3-7-15(12)23/h2-8,10H,9H2,1H3,(H,25,26,28). The highest BCUT2D eigenvalue weighted by molar-refractivity contribution is 7.15. The van der Waals surface area contributed by atoms with E-state index >= 15 is 0 Å². The third-order valence-corrected chi connectivity index (χ3v) is 5.61. The Bertz CT molecular complexity index is 1220. The second kappa shape index (κ2) is 8.33. The van der Waals surface area contributed by atoms with E-state index in [2.05, 4.69) is 15.5 Å². The lowest BCUT2D eigenvalue weighted by Gasteiger charge is -2.05. The molecule has 0 atom stereocenters. The van der Waals surface area contributed by atoms with Crippen molar-refractivity contribution in [2.24, 2.45) is 0 Å². The van der Waals surface area contributed by atoms with Gasteiger partial charge in [-0.1, -0.05) is 41.0 Å². The van der Waals surface area contributed by atoms with Gasteiger partial charge in [0.05, 0.1) is 10.6 Å². The number of hydrogen-bond acceptors (Lipinski definition) is 5. The predicted molar refractivity (Wildman–Crippen MR) is 111 cm³/mol. The number of halogens is 3. The second-order valence-corrected chi connectivity index (χ2v) is 7.94. The monoisotopic (exact) mass is 445 g/mol. The number of nitrogens with zero attached hydrogens (tertiary/aromatic N) is 2. The summed E-state index contributed by atoms with van der Waals surface area (Å²) in [6.45, 7) is 1.55. The molecule has 1 amide bonds. The summed E-state index contributed by atoms with van der Waals surface area (Å²) in [4.78, 5) is 17.8. The Balaban J connectivity index is 1.58. The number of rotatable bonds is 5. The number of thiazole rings is 1. The molecule has 1 N–H and O–H groups in total. The van der Waals surface area contributed by atoms with Gasteiger partial charge in [0.25, 0.3) is 5.91 Å². The molecule has 0 saturated carbocycles. The molecule has 4 aromatic rings. The van der Waals surface area contributed by atoms with Crippen LogP contribution < -0.4 is 5.32 Å². The molecule has 0 aliphatic heterocycles. The summed E-state index contributed by atoms with van der Waals surface area (Å²) in [7, 11) is 0. The minimum atomic E-state index is -0.619. The molecule has 0 spiro atoms. The molecular weight excluding hydrogens is 432 g/mol. The van der Waals surface area contributed by atoms with Crippen LogP contribution in [0.5, 0.6) is 0 Å². The third kappa shape index (κ3) is 3.96. The van der Waals surface area contributed by atoms with Gasteiger partial charge in [0.2, 0.25) is 0 Å². The molecule has 9 heteroatoms. The molecule has 2 heterocycles. The zero-order valence-corrected chi connectivity index (χ0v) is 17.2. The topological polar surface area (TPSA) is 68.0 Å². The molecule has 0 fully saturated rings. The average Bonchev–Trinajstić information content (AvgIpc) is 3.30. The van der Waals surface area contributed by atoms with Crippen molar-refractivity contribution in [3.63, 3.8) is 0 Å². The first-order valence-electron chi connectivity index (χ1n) is 8.84. The summed E-state index contributed by atoms with van der Waals surface area (Å²) in [5, 5.41) is 6.91. The van der Waals surface area contributed by atoms with Gasteiger partial charge in [-0.25, -0.2) is 13.8 Å². The van der Waals surface area contributed by atoms with Crippen LogP contribution in [-0.4, -0.2) is 16.0 Å². The Hall–Kier alpha value is -3.10. The van der Waals surface area contributed by atoms with Gasteiger partial charge in [-0.15, -0.1) is 11.3 Å². The number of nitrogens with one attached hydrogen (secondary N) is 1. The highest BCUT2D eigenvalue weighted by atomic mass is 35.5. The second-order valence-electron chi connectivity index (χ2n) is 6.41. The van der Waals surface area contributed by atoms with E-state index in [4.69, 9.17) is 16.1 Å². The maximum atomic E-state index is 14.3.